The molecule has 1 aromatic rings. The summed E-state index contributed by atoms with van der Waals surface area (Å²) in [7, 11) is 0. The average Bonchev–Trinajstić information content (AvgIpc) is 2.40. The lowest BCUT2D eigenvalue weighted by Gasteiger charge is -2.17. The van der Waals surface area contributed by atoms with Crippen LogP contribution in [0, 0.1) is 0 Å². The van der Waals surface area contributed by atoms with Crippen molar-refractivity contribution in [3.63, 3.8) is 0 Å². The first-order valence-electron chi connectivity index (χ1n) is 5.98. The molecule has 1 aliphatic rings. The first-order valence-corrected chi connectivity index (χ1v) is 6.77. The zero-order valence-electron chi connectivity index (χ0n) is 10.4. The number of nitrogens with zero attached hydrogens (tertiary/aromatic N) is 1. The predicted molar refractivity (Wildman–Crippen MR) is 75.5 cm³/mol. The van der Waals surface area contributed by atoms with Gasteiger partial charge in [0.05, 0.1) is 6.04 Å². The highest BCUT2D eigenvalue weighted by atomic mass is 79.9. The van der Waals surface area contributed by atoms with E-state index in [2.05, 4.69) is 31.8 Å². The first-order chi connectivity index (χ1) is 9.06. The van der Waals surface area contributed by atoms with Crippen molar-refractivity contribution in [2.45, 2.75) is 25.8 Å². The van der Waals surface area contributed by atoms with E-state index in [1.165, 1.54) is 0 Å². The van der Waals surface area contributed by atoms with E-state index < -0.39 is 0 Å². The second kappa shape index (κ2) is 5.97. The number of hydrogen-bond donors (Lipinski definition) is 2. The Morgan fingerprint density at radius 1 is 1.37 bits per heavy atom. The molecular formula is C13H14BrN3O2. The van der Waals surface area contributed by atoms with Gasteiger partial charge in [-0.15, -0.1) is 0 Å². The Morgan fingerprint density at radius 2 is 2.05 bits per heavy atom. The van der Waals surface area contributed by atoms with Gasteiger partial charge >= 0.3 is 0 Å². The van der Waals surface area contributed by atoms with Crippen LogP contribution in [0.3, 0.4) is 0 Å². The normalized spacial score (nSPS) is 16.3. The first kappa shape index (κ1) is 13.7. The van der Waals surface area contributed by atoms with E-state index in [9.17, 15) is 9.59 Å². The summed E-state index contributed by atoms with van der Waals surface area (Å²) in [6, 6.07) is 7.63. The fourth-order valence-electron chi connectivity index (χ4n) is 1.75. The number of rotatable bonds is 3. The highest BCUT2D eigenvalue weighted by Crippen LogP contribution is 2.16. The maximum atomic E-state index is 12.0. The van der Waals surface area contributed by atoms with E-state index in [0.717, 1.165) is 10.0 Å². The Kier molecular flexibility index (Phi) is 4.31. The molecule has 1 atom stereocenters. The van der Waals surface area contributed by atoms with Crippen LogP contribution in [0.25, 0.3) is 0 Å². The highest BCUT2D eigenvalue weighted by molar-refractivity contribution is 9.10. The van der Waals surface area contributed by atoms with E-state index in [4.69, 9.17) is 0 Å². The van der Waals surface area contributed by atoms with E-state index in [1.54, 1.807) is 0 Å². The molecule has 2 amide bonds. The molecule has 2 N–H and O–H groups in total. The van der Waals surface area contributed by atoms with Crippen LogP contribution in [0.15, 0.2) is 33.8 Å². The summed E-state index contributed by atoms with van der Waals surface area (Å²) in [5, 5.41) is 6.63. The van der Waals surface area contributed by atoms with Gasteiger partial charge in [0.2, 0.25) is 5.91 Å². The minimum atomic E-state index is -0.240. The smallest absolute Gasteiger partial charge is 0.267 e. The van der Waals surface area contributed by atoms with Gasteiger partial charge in [-0.25, -0.2) is 5.43 Å². The lowest BCUT2D eigenvalue weighted by molar-refractivity contribution is -0.121. The maximum absolute atomic E-state index is 12.0. The molecule has 0 saturated carbocycles. The molecule has 0 unspecified atom stereocenters. The number of nitrogens with one attached hydrogen (secondary N) is 2. The molecule has 0 radical (unpaired) electrons. The van der Waals surface area contributed by atoms with Gasteiger partial charge in [-0.3, -0.25) is 9.59 Å². The Morgan fingerprint density at radius 3 is 2.63 bits per heavy atom. The monoisotopic (exact) mass is 323 g/mol. The van der Waals surface area contributed by atoms with Crippen molar-refractivity contribution in [3.05, 3.63) is 34.3 Å². The zero-order valence-corrected chi connectivity index (χ0v) is 12.0. The van der Waals surface area contributed by atoms with Crippen molar-refractivity contribution in [2.75, 3.05) is 0 Å². The number of halogens is 1. The van der Waals surface area contributed by atoms with Crippen LogP contribution in [0.1, 0.15) is 31.4 Å². The standard InChI is InChI=1S/C13H14BrN3O2/c1-8(9-2-4-10(14)5-3-9)15-13(19)11-6-7-12(18)17-16-11/h2-5,8H,6-7H2,1H3,(H,15,19)(H,17,18)/t8-/m0/s1. The van der Waals surface area contributed by atoms with Gasteiger partial charge in [0.15, 0.2) is 0 Å². The quantitative estimate of drug-likeness (QED) is 0.891. The van der Waals surface area contributed by atoms with Gasteiger partial charge in [0.1, 0.15) is 5.71 Å². The second-order valence-electron chi connectivity index (χ2n) is 4.34. The summed E-state index contributed by atoms with van der Waals surface area (Å²) in [5.41, 5.74) is 3.69. The third kappa shape index (κ3) is 3.64. The molecule has 0 aromatic heterocycles. The van der Waals surface area contributed by atoms with E-state index in [-0.39, 0.29) is 17.9 Å². The molecule has 0 bridgehead atoms. The summed E-state index contributed by atoms with van der Waals surface area (Å²) in [4.78, 5) is 22.9. The van der Waals surface area contributed by atoms with Crippen molar-refractivity contribution in [1.29, 1.82) is 0 Å². The van der Waals surface area contributed by atoms with Crippen molar-refractivity contribution in [2.24, 2.45) is 5.10 Å². The molecule has 1 aliphatic heterocycles. The Bertz CT molecular complexity index is 525. The number of hydrogen-bond acceptors (Lipinski definition) is 3. The van der Waals surface area contributed by atoms with Gasteiger partial charge in [0, 0.05) is 17.3 Å². The molecule has 5 nitrogen and oxygen atoms in total. The maximum Gasteiger partial charge on any atom is 0.267 e. The van der Waals surface area contributed by atoms with Crippen LogP contribution in [0.5, 0.6) is 0 Å². The predicted octanol–water partition coefficient (Wildman–Crippen LogP) is 1.89. The largest absolute Gasteiger partial charge is 0.344 e. The lowest BCUT2D eigenvalue weighted by atomic mass is 10.1. The average molecular weight is 324 g/mol. The molecule has 0 saturated heterocycles. The molecule has 6 heteroatoms. The van der Waals surface area contributed by atoms with Crippen molar-refractivity contribution in [1.82, 2.24) is 10.7 Å². The van der Waals surface area contributed by atoms with E-state index >= 15 is 0 Å². The fourth-order valence-corrected chi connectivity index (χ4v) is 2.02. The van der Waals surface area contributed by atoms with E-state index in [0.29, 0.717) is 18.6 Å². The van der Waals surface area contributed by atoms with Gasteiger partial charge in [0.25, 0.3) is 5.91 Å². The molecule has 19 heavy (non-hydrogen) atoms. The zero-order chi connectivity index (χ0) is 13.8. The van der Waals surface area contributed by atoms with Crippen LogP contribution in [0.4, 0.5) is 0 Å². The van der Waals surface area contributed by atoms with Crippen LogP contribution in [-0.4, -0.2) is 17.5 Å². The summed E-state index contributed by atoms with van der Waals surface area (Å²) < 4.78 is 0.995. The molecule has 1 aromatic carbocycles. The van der Waals surface area contributed by atoms with Gasteiger partial charge in [-0.05, 0) is 24.6 Å². The van der Waals surface area contributed by atoms with E-state index in [1.807, 2.05) is 31.2 Å². The summed E-state index contributed by atoms with van der Waals surface area (Å²) in [6.07, 6.45) is 0.684. The third-order valence-corrected chi connectivity index (χ3v) is 3.41. The van der Waals surface area contributed by atoms with Crippen LogP contribution in [0.2, 0.25) is 0 Å². The fraction of sp³-hybridized carbons (Fsp3) is 0.308. The van der Waals surface area contributed by atoms with Gasteiger partial charge in [-0.2, -0.15) is 5.10 Å². The minimum absolute atomic E-state index is 0.110. The van der Waals surface area contributed by atoms with Gasteiger partial charge in [-0.1, -0.05) is 28.1 Å². The van der Waals surface area contributed by atoms with Gasteiger partial charge < -0.3 is 5.32 Å². The summed E-state index contributed by atoms with van der Waals surface area (Å²) in [6.45, 7) is 1.91. The van der Waals surface area contributed by atoms with Crippen LogP contribution in [-0.2, 0) is 9.59 Å². The van der Waals surface area contributed by atoms with Crippen molar-refractivity contribution >= 4 is 33.5 Å². The molecule has 100 valence electrons. The molecule has 0 spiro atoms. The minimum Gasteiger partial charge on any atom is -0.344 e. The molecular weight excluding hydrogens is 310 g/mol. The van der Waals surface area contributed by atoms with Crippen molar-refractivity contribution < 1.29 is 9.59 Å². The topological polar surface area (TPSA) is 70.6 Å². The van der Waals surface area contributed by atoms with Crippen LogP contribution >= 0.6 is 15.9 Å². The Balaban J connectivity index is 1.99. The number of amides is 2. The van der Waals surface area contributed by atoms with Crippen LogP contribution < -0.4 is 10.7 Å². The molecule has 1 heterocycles. The number of benzene rings is 1. The lowest BCUT2D eigenvalue weighted by Crippen LogP contribution is -2.37. The number of carbonyl (C=O) groups is 2. The molecule has 2 rings (SSSR count). The van der Waals surface area contributed by atoms with Crippen molar-refractivity contribution in [3.8, 4) is 0 Å². The Labute approximate surface area is 119 Å². The summed E-state index contributed by atoms with van der Waals surface area (Å²) >= 11 is 3.37. The molecule has 0 fully saturated rings. The second-order valence-corrected chi connectivity index (χ2v) is 5.26. The highest BCUT2D eigenvalue weighted by Gasteiger charge is 2.19. The summed E-state index contributed by atoms with van der Waals surface area (Å²) in [5.74, 6) is -0.395. The third-order valence-electron chi connectivity index (χ3n) is 2.88. The number of hydrazone groups is 1. The molecule has 0 aliphatic carbocycles. The SMILES string of the molecule is C[C@H](NC(=O)C1=NNC(=O)CC1)c1ccc(Br)cc1. The Hall–Kier alpha value is -1.69. The number of carbonyl (C=O) groups excluding carboxylic acids is 2.